The fraction of sp³-hybridized carbons (Fsp3) is 0.0625. The smallest absolute Gasteiger partial charge is 0.175 e. The van der Waals surface area contributed by atoms with Crippen molar-refractivity contribution >= 4 is 32.1 Å². The molecule has 1 heterocycles. The molecule has 0 atom stereocenters. The topological polar surface area (TPSA) is 79.3 Å². The van der Waals surface area contributed by atoms with Gasteiger partial charge in [0.1, 0.15) is 5.75 Å². The van der Waals surface area contributed by atoms with Gasteiger partial charge in [-0.25, -0.2) is 8.42 Å². The van der Waals surface area contributed by atoms with Gasteiger partial charge < -0.3 is 10.4 Å². The van der Waals surface area contributed by atoms with Gasteiger partial charge in [-0.1, -0.05) is 12.1 Å². The second kappa shape index (κ2) is 5.31. The van der Waals surface area contributed by atoms with Crippen LogP contribution in [0.3, 0.4) is 0 Å². The predicted octanol–water partition coefficient (Wildman–Crippen LogP) is 3.09. The summed E-state index contributed by atoms with van der Waals surface area (Å²) in [6.07, 6.45) is 2.80. The minimum absolute atomic E-state index is 0.117. The molecule has 3 aromatic rings. The second-order valence-electron chi connectivity index (χ2n) is 4.95. The van der Waals surface area contributed by atoms with Gasteiger partial charge in [0.2, 0.25) is 0 Å². The molecular formula is C16H14N2O3S. The van der Waals surface area contributed by atoms with Crippen molar-refractivity contribution in [3.05, 3.63) is 54.7 Å². The lowest BCUT2D eigenvalue weighted by atomic mass is 10.1. The lowest BCUT2D eigenvalue weighted by Crippen LogP contribution is -1.98. The van der Waals surface area contributed by atoms with Crippen molar-refractivity contribution in [2.45, 2.75) is 4.90 Å². The summed E-state index contributed by atoms with van der Waals surface area (Å²) in [5.41, 5.74) is 1.89. The molecule has 0 saturated carbocycles. The van der Waals surface area contributed by atoms with Gasteiger partial charge in [-0.15, -0.1) is 0 Å². The molecule has 22 heavy (non-hydrogen) atoms. The van der Waals surface area contributed by atoms with Crippen LogP contribution in [0.15, 0.2) is 59.6 Å². The first kappa shape index (κ1) is 14.3. The van der Waals surface area contributed by atoms with Crippen molar-refractivity contribution in [2.75, 3.05) is 11.6 Å². The number of sulfone groups is 1. The van der Waals surface area contributed by atoms with E-state index in [2.05, 4.69) is 10.3 Å². The van der Waals surface area contributed by atoms with Crippen molar-refractivity contribution in [1.82, 2.24) is 4.98 Å². The Bertz CT molecular complexity index is 953. The van der Waals surface area contributed by atoms with Crippen LogP contribution in [0.2, 0.25) is 0 Å². The monoisotopic (exact) mass is 314 g/mol. The van der Waals surface area contributed by atoms with Gasteiger partial charge in [-0.2, -0.15) is 0 Å². The van der Waals surface area contributed by atoms with Crippen LogP contribution in [0.5, 0.6) is 5.75 Å². The number of nitrogens with zero attached hydrogens (tertiary/aromatic N) is 1. The quantitative estimate of drug-likeness (QED) is 0.726. The number of aromatic nitrogens is 1. The fourth-order valence-corrected chi connectivity index (χ4v) is 2.84. The Morgan fingerprint density at radius 2 is 1.82 bits per heavy atom. The number of fused-ring (bicyclic) bond motifs is 1. The van der Waals surface area contributed by atoms with Crippen molar-refractivity contribution in [3.63, 3.8) is 0 Å². The Morgan fingerprint density at radius 1 is 1.05 bits per heavy atom. The van der Waals surface area contributed by atoms with E-state index >= 15 is 0 Å². The molecule has 0 aliphatic rings. The summed E-state index contributed by atoms with van der Waals surface area (Å²) in [6, 6.07) is 13.4. The van der Waals surface area contributed by atoms with Crippen LogP contribution in [0.4, 0.5) is 11.4 Å². The first-order valence-corrected chi connectivity index (χ1v) is 8.48. The molecule has 0 aliphatic carbocycles. The molecule has 1 aromatic heterocycles. The van der Waals surface area contributed by atoms with Crippen molar-refractivity contribution < 1.29 is 13.5 Å². The lowest BCUT2D eigenvalue weighted by Gasteiger charge is -2.11. The largest absolute Gasteiger partial charge is 0.506 e. The molecule has 5 nitrogen and oxygen atoms in total. The number of hydrogen-bond donors (Lipinski definition) is 2. The maximum absolute atomic E-state index is 11.7. The summed E-state index contributed by atoms with van der Waals surface area (Å²) >= 11 is 0. The van der Waals surface area contributed by atoms with Crippen molar-refractivity contribution in [2.24, 2.45) is 0 Å². The fourth-order valence-electron chi connectivity index (χ4n) is 2.19. The molecule has 0 bridgehead atoms. The van der Waals surface area contributed by atoms with Gasteiger partial charge in [0, 0.05) is 23.5 Å². The maximum Gasteiger partial charge on any atom is 0.175 e. The molecule has 0 unspecified atom stereocenters. The van der Waals surface area contributed by atoms with Crippen LogP contribution in [0, 0.1) is 0 Å². The lowest BCUT2D eigenvalue weighted by molar-refractivity contribution is 0.478. The average Bonchev–Trinajstić information content (AvgIpc) is 2.48. The van der Waals surface area contributed by atoms with Gasteiger partial charge in [-0.05, 0) is 36.4 Å². The molecule has 0 spiro atoms. The van der Waals surface area contributed by atoms with E-state index in [0.717, 1.165) is 0 Å². The van der Waals surface area contributed by atoms with Gasteiger partial charge >= 0.3 is 0 Å². The number of pyridine rings is 1. The Balaban J connectivity index is 2.15. The number of rotatable bonds is 3. The van der Waals surface area contributed by atoms with E-state index in [1.54, 1.807) is 48.7 Å². The maximum atomic E-state index is 11.7. The molecule has 2 N–H and O–H groups in total. The van der Waals surface area contributed by atoms with Gasteiger partial charge in [0.05, 0.1) is 16.1 Å². The van der Waals surface area contributed by atoms with Crippen LogP contribution < -0.4 is 5.32 Å². The summed E-state index contributed by atoms with van der Waals surface area (Å²) in [5.74, 6) is 0.117. The third-order valence-corrected chi connectivity index (χ3v) is 4.42. The summed E-state index contributed by atoms with van der Waals surface area (Å²) in [6.45, 7) is 0. The number of aromatic hydroxyl groups is 1. The molecule has 0 saturated heterocycles. The highest BCUT2D eigenvalue weighted by Crippen LogP contribution is 2.30. The first-order valence-electron chi connectivity index (χ1n) is 6.59. The molecule has 0 aliphatic heterocycles. The van der Waals surface area contributed by atoms with E-state index in [4.69, 9.17) is 0 Å². The highest BCUT2D eigenvalue weighted by Gasteiger charge is 2.11. The van der Waals surface area contributed by atoms with E-state index in [9.17, 15) is 13.5 Å². The normalized spacial score (nSPS) is 11.5. The minimum Gasteiger partial charge on any atom is -0.506 e. The number of phenolic OH excluding ortho intramolecular Hbond substituents is 1. The number of phenols is 1. The standard InChI is InChI=1S/C16H14N2O3S/c1-22(20,21)11-6-7-13-12(10-11)14(8-9-17-13)18-15-4-2-3-5-16(15)19/h2-10,19H,1H3,(H,17,18). The SMILES string of the molecule is CS(=O)(=O)c1ccc2nccc(Nc3ccccc3O)c2c1. The van der Waals surface area contributed by atoms with Crippen LogP contribution in [0.1, 0.15) is 0 Å². The zero-order valence-corrected chi connectivity index (χ0v) is 12.6. The first-order chi connectivity index (χ1) is 10.4. The molecule has 0 radical (unpaired) electrons. The van der Waals surface area contributed by atoms with Crippen LogP contribution in [-0.4, -0.2) is 24.8 Å². The van der Waals surface area contributed by atoms with E-state index < -0.39 is 9.84 Å². The highest BCUT2D eigenvalue weighted by atomic mass is 32.2. The Morgan fingerprint density at radius 3 is 2.55 bits per heavy atom. The molecule has 0 fully saturated rings. The molecule has 2 aromatic carbocycles. The summed E-state index contributed by atoms with van der Waals surface area (Å²) in [5, 5.41) is 13.6. The van der Waals surface area contributed by atoms with Gasteiger partial charge in [0.15, 0.2) is 9.84 Å². The summed E-state index contributed by atoms with van der Waals surface area (Å²) < 4.78 is 23.4. The van der Waals surface area contributed by atoms with E-state index in [0.29, 0.717) is 22.3 Å². The van der Waals surface area contributed by atoms with Crippen LogP contribution >= 0.6 is 0 Å². The molecule has 0 amide bonds. The summed E-state index contributed by atoms with van der Waals surface area (Å²) in [7, 11) is -3.30. The number of benzene rings is 2. The zero-order chi connectivity index (χ0) is 15.7. The predicted molar refractivity (Wildman–Crippen MR) is 86.2 cm³/mol. The molecule has 112 valence electrons. The van der Waals surface area contributed by atoms with Gasteiger partial charge in [-0.3, -0.25) is 4.98 Å². The van der Waals surface area contributed by atoms with Crippen LogP contribution in [-0.2, 0) is 9.84 Å². The molecule has 3 rings (SSSR count). The second-order valence-corrected chi connectivity index (χ2v) is 6.97. The van der Waals surface area contributed by atoms with Gasteiger partial charge in [0.25, 0.3) is 0 Å². The average molecular weight is 314 g/mol. The number of hydrogen-bond acceptors (Lipinski definition) is 5. The van der Waals surface area contributed by atoms with E-state index in [1.165, 1.54) is 12.3 Å². The molecular weight excluding hydrogens is 300 g/mol. The van der Waals surface area contributed by atoms with E-state index in [1.807, 2.05) is 0 Å². The number of nitrogens with one attached hydrogen (secondary N) is 1. The molecule has 6 heteroatoms. The minimum atomic E-state index is -3.30. The van der Waals surface area contributed by atoms with Crippen molar-refractivity contribution in [1.29, 1.82) is 0 Å². The number of anilines is 2. The Hall–Kier alpha value is -2.60. The highest BCUT2D eigenvalue weighted by molar-refractivity contribution is 7.90. The zero-order valence-electron chi connectivity index (χ0n) is 11.8. The van der Waals surface area contributed by atoms with Crippen LogP contribution in [0.25, 0.3) is 10.9 Å². The van der Waals surface area contributed by atoms with E-state index in [-0.39, 0.29) is 10.6 Å². The Kier molecular flexibility index (Phi) is 3.46. The number of para-hydroxylation sites is 2. The third-order valence-electron chi connectivity index (χ3n) is 3.31. The third kappa shape index (κ3) is 2.73. The summed E-state index contributed by atoms with van der Waals surface area (Å²) in [4.78, 5) is 4.46. The Labute approximate surface area is 128 Å². The van der Waals surface area contributed by atoms with Crippen molar-refractivity contribution in [3.8, 4) is 5.75 Å².